The molecule has 6 heteroatoms. The highest BCUT2D eigenvalue weighted by atomic mass is 16.5. The highest BCUT2D eigenvalue weighted by molar-refractivity contribution is 5.42. The summed E-state index contributed by atoms with van der Waals surface area (Å²) in [6.45, 7) is -0.957. The van der Waals surface area contributed by atoms with Crippen molar-refractivity contribution in [1.29, 1.82) is 5.26 Å². The molecular formula is C13H18N2O4. The van der Waals surface area contributed by atoms with Crippen molar-refractivity contribution in [2.24, 2.45) is 0 Å². The van der Waals surface area contributed by atoms with E-state index in [0.29, 0.717) is 16.9 Å². The SMILES string of the molecule is COc1ccc(C#N)cc1CNC(CO)(CO)CO. The Hall–Kier alpha value is -1.65. The van der Waals surface area contributed by atoms with Gasteiger partial charge in [0.15, 0.2) is 0 Å². The highest BCUT2D eigenvalue weighted by Gasteiger charge is 2.27. The van der Waals surface area contributed by atoms with Gasteiger partial charge >= 0.3 is 0 Å². The van der Waals surface area contributed by atoms with Gasteiger partial charge in [-0.3, -0.25) is 0 Å². The monoisotopic (exact) mass is 266 g/mol. The predicted octanol–water partition coefficient (Wildman–Crippen LogP) is -0.628. The van der Waals surface area contributed by atoms with Crippen LogP contribution in [0.3, 0.4) is 0 Å². The number of nitrogens with one attached hydrogen (secondary N) is 1. The summed E-state index contributed by atoms with van der Waals surface area (Å²) in [6.07, 6.45) is 0. The quantitative estimate of drug-likeness (QED) is 0.524. The van der Waals surface area contributed by atoms with Crippen molar-refractivity contribution in [3.63, 3.8) is 0 Å². The minimum absolute atomic E-state index is 0.250. The summed E-state index contributed by atoms with van der Waals surface area (Å²) in [4.78, 5) is 0. The van der Waals surface area contributed by atoms with Crippen molar-refractivity contribution in [3.8, 4) is 11.8 Å². The molecule has 0 atom stereocenters. The second kappa shape index (κ2) is 7.07. The van der Waals surface area contributed by atoms with E-state index in [1.165, 1.54) is 7.11 Å². The van der Waals surface area contributed by atoms with Crippen LogP contribution >= 0.6 is 0 Å². The van der Waals surface area contributed by atoms with Crippen LogP contribution in [-0.2, 0) is 6.54 Å². The van der Waals surface area contributed by atoms with E-state index in [0.717, 1.165) is 0 Å². The molecule has 0 amide bonds. The van der Waals surface area contributed by atoms with Gasteiger partial charge in [0.25, 0.3) is 0 Å². The molecule has 0 aromatic heterocycles. The highest BCUT2D eigenvalue weighted by Crippen LogP contribution is 2.20. The van der Waals surface area contributed by atoms with Crippen LogP contribution in [0.4, 0.5) is 0 Å². The first kappa shape index (κ1) is 15.4. The van der Waals surface area contributed by atoms with Crippen LogP contribution in [0.5, 0.6) is 5.75 Å². The summed E-state index contributed by atoms with van der Waals surface area (Å²) in [5.74, 6) is 0.592. The summed E-state index contributed by atoms with van der Waals surface area (Å²) in [7, 11) is 1.52. The number of hydrogen-bond acceptors (Lipinski definition) is 6. The molecule has 0 aliphatic rings. The zero-order valence-corrected chi connectivity index (χ0v) is 10.8. The Morgan fingerprint density at radius 2 is 1.89 bits per heavy atom. The molecule has 0 fully saturated rings. The number of aliphatic hydroxyl groups excluding tert-OH is 3. The van der Waals surface area contributed by atoms with Crippen molar-refractivity contribution in [2.75, 3.05) is 26.9 Å². The molecule has 1 aromatic carbocycles. The second-order valence-corrected chi connectivity index (χ2v) is 4.25. The molecule has 0 unspecified atom stereocenters. The van der Waals surface area contributed by atoms with Gasteiger partial charge in [-0.2, -0.15) is 5.26 Å². The van der Waals surface area contributed by atoms with Gasteiger partial charge in [-0.05, 0) is 18.2 Å². The van der Waals surface area contributed by atoms with E-state index in [9.17, 15) is 15.3 Å². The molecule has 0 aliphatic carbocycles. The van der Waals surface area contributed by atoms with E-state index in [-0.39, 0.29) is 6.54 Å². The number of nitrogens with zero attached hydrogens (tertiary/aromatic N) is 1. The lowest BCUT2D eigenvalue weighted by Gasteiger charge is -2.29. The molecule has 4 N–H and O–H groups in total. The van der Waals surface area contributed by atoms with E-state index in [2.05, 4.69) is 5.32 Å². The fraction of sp³-hybridized carbons (Fsp3) is 0.462. The first-order chi connectivity index (χ1) is 9.14. The Balaban J connectivity index is 2.90. The zero-order valence-electron chi connectivity index (χ0n) is 10.8. The summed E-state index contributed by atoms with van der Waals surface area (Å²) < 4.78 is 5.17. The molecular weight excluding hydrogens is 248 g/mol. The lowest BCUT2D eigenvalue weighted by Crippen LogP contribution is -2.54. The van der Waals surface area contributed by atoms with Crippen LogP contribution < -0.4 is 10.1 Å². The van der Waals surface area contributed by atoms with Crippen molar-refractivity contribution in [3.05, 3.63) is 29.3 Å². The van der Waals surface area contributed by atoms with E-state index in [4.69, 9.17) is 10.00 Å². The van der Waals surface area contributed by atoms with Gasteiger partial charge in [0, 0.05) is 12.1 Å². The smallest absolute Gasteiger partial charge is 0.123 e. The Morgan fingerprint density at radius 3 is 2.37 bits per heavy atom. The standard InChI is InChI=1S/C13H18N2O4/c1-19-12-3-2-10(5-14)4-11(12)6-15-13(7-16,8-17)9-18/h2-4,15-18H,6-9H2,1H3. The largest absolute Gasteiger partial charge is 0.496 e. The van der Waals surface area contributed by atoms with Crippen LogP contribution in [0, 0.1) is 11.3 Å². The Morgan fingerprint density at radius 1 is 1.26 bits per heavy atom. The van der Waals surface area contributed by atoms with E-state index < -0.39 is 25.4 Å². The molecule has 1 rings (SSSR count). The van der Waals surface area contributed by atoms with Crippen LogP contribution in [0.1, 0.15) is 11.1 Å². The van der Waals surface area contributed by atoms with Crippen LogP contribution in [0.25, 0.3) is 0 Å². The van der Waals surface area contributed by atoms with E-state index in [1.54, 1.807) is 18.2 Å². The van der Waals surface area contributed by atoms with Gasteiger partial charge in [-0.25, -0.2) is 0 Å². The molecule has 19 heavy (non-hydrogen) atoms. The molecule has 0 saturated heterocycles. The van der Waals surface area contributed by atoms with Gasteiger partial charge in [0.1, 0.15) is 5.75 Å². The van der Waals surface area contributed by atoms with Crippen LogP contribution in [-0.4, -0.2) is 47.8 Å². The van der Waals surface area contributed by atoms with Crippen LogP contribution in [0.2, 0.25) is 0 Å². The average molecular weight is 266 g/mol. The normalized spacial score (nSPS) is 11.1. The maximum Gasteiger partial charge on any atom is 0.123 e. The van der Waals surface area contributed by atoms with Gasteiger partial charge < -0.3 is 25.4 Å². The average Bonchev–Trinajstić information content (AvgIpc) is 2.49. The van der Waals surface area contributed by atoms with Crippen molar-refractivity contribution in [1.82, 2.24) is 5.32 Å². The number of benzene rings is 1. The molecule has 1 aromatic rings. The predicted molar refractivity (Wildman–Crippen MR) is 68.5 cm³/mol. The van der Waals surface area contributed by atoms with Crippen molar-refractivity contribution >= 4 is 0 Å². The van der Waals surface area contributed by atoms with Gasteiger partial charge in [0.2, 0.25) is 0 Å². The van der Waals surface area contributed by atoms with Gasteiger partial charge in [-0.1, -0.05) is 0 Å². The minimum Gasteiger partial charge on any atom is -0.496 e. The Kier molecular flexibility index (Phi) is 5.73. The molecule has 0 saturated carbocycles. The molecule has 0 bridgehead atoms. The van der Waals surface area contributed by atoms with Crippen molar-refractivity contribution in [2.45, 2.75) is 12.1 Å². The third-order valence-electron chi connectivity index (χ3n) is 2.97. The Bertz CT molecular complexity index is 444. The zero-order chi connectivity index (χ0) is 14.3. The molecule has 0 heterocycles. The van der Waals surface area contributed by atoms with Gasteiger partial charge in [-0.15, -0.1) is 0 Å². The number of nitriles is 1. The topological polar surface area (TPSA) is 106 Å². The minimum atomic E-state index is -1.16. The molecule has 0 spiro atoms. The summed E-state index contributed by atoms with van der Waals surface area (Å²) >= 11 is 0. The summed E-state index contributed by atoms with van der Waals surface area (Å²) in [5, 5.41) is 39.4. The maximum atomic E-state index is 9.22. The number of ether oxygens (including phenoxy) is 1. The lowest BCUT2D eigenvalue weighted by atomic mass is 10.0. The molecule has 6 nitrogen and oxygen atoms in total. The third kappa shape index (κ3) is 3.66. The first-order valence-corrected chi connectivity index (χ1v) is 5.79. The summed E-state index contributed by atoms with van der Waals surface area (Å²) in [6, 6.07) is 7.00. The fourth-order valence-corrected chi connectivity index (χ4v) is 1.59. The third-order valence-corrected chi connectivity index (χ3v) is 2.97. The fourth-order valence-electron chi connectivity index (χ4n) is 1.59. The first-order valence-electron chi connectivity index (χ1n) is 5.79. The number of hydrogen-bond donors (Lipinski definition) is 4. The molecule has 104 valence electrons. The number of aliphatic hydroxyl groups is 3. The second-order valence-electron chi connectivity index (χ2n) is 4.25. The maximum absolute atomic E-state index is 9.22. The number of rotatable bonds is 7. The van der Waals surface area contributed by atoms with Gasteiger partial charge in [0.05, 0.1) is 44.1 Å². The molecule has 0 aliphatic heterocycles. The Labute approximate surface area is 111 Å². The number of methoxy groups -OCH3 is 1. The summed E-state index contributed by atoms with van der Waals surface area (Å²) in [5.41, 5.74) is 0.0367. The molecule has 0 radical (unpaired) electrons. The van der Waals surface area contributed by atoms with Crippen molar-refractivity contribution < 1.29 is 20.1 Å². The van der Waals surface area contributed by atoms with Crippen LogP contribution in [0.15, 0.2) is 18.2 Å². The van der Waals surface area contributed by atoms with E-state index >= 15 is 0 Å². The lowest BCUT2D eigenvalue weighted by molar-refractivity contribution is 0.0412. The van der Waals surface area contributed by atoms with E-state index in [1.807, 2.05) is 6.07 Å².